The molecule has 0 bridgehead atoms. The molecule has 18 heavy (non-hydrogen) atoms. The Bertz CT molecular complexity index is 362. The number of hydrogen-bond donors (Lipinski definition) is 2. The molecule has 0 spiro atoms. The number of methoxy groups -OCH3 is 3. The first kappa shape index (κ1) is 17.1. The second kappa shape index (κ2) is 6.29. The molecule has 0 aromatic carbocycles. The summed E-state index contributed by atoms with van der Waals surface area (Å²) in [4.78, 5) is 42.0. The van der Waals surface area contributed by atoms with Gasteiger partial charge in [-0.25, -0.2) is 4.79 Å². The van der Waals surface area contributed by atoms with Gasteiger partial charge < -0.3 is 24.0 Å². The average Bonchev–Trinajstić information content (AvgIpc) is 2.32. The summed E-state index contributed by atoms with van der Waals surface area (Å²) in [6.45, 7) is 1.47. The van der Waals surface area contributed by atoms with Gasteiger partial charge in [-0.15, -0.1) is 0 Å². The molecule has 0 radical (unpaired) electrons. The number of esters is 2. The van der Waals surface area contributed by atoms with Gasteiger partial charge in [0.05, 0.1) is 14.2 Å². The summed E-state index contributed by atoms with van der Waals surface area (Å²) in [6, 6.07) is 0. The van der Waals surface area contributed by atoms with E-state index in [2.05, 4.69) is 9.47 Å². The average molecular weight is 284 g/mol. The molecule has 2 unspecified atom stereocenters. The van der Waals surface area contributed by atoms with Crippen molar-refractivity contribution in [3.63, 3.8) is 0 Å². The van der Waals surface area contributed by atoms with E-state index >= 15 is 0 Å². The molecule has 0 aliphatic heterocycles. The van der Waals surface area contributed by atoms with Crippen molar-refractivity contribution in [1.82, 2.24) is 0 Å². The van der Waals surface area contributed by atoms with Crippen LogP contribution < -0.4 is 0 Å². The van der Waals surface area contributed by atoms with E-state index in [0.717, 1.165) is 21.3 Å². The Balaban J connectivity index is 5.93. The highest BCUT2D eigenvalue weighted by molar-refractivity contribution is 7.54. The maximum absolute atomic E-state index is 11.7. The summed E-state index contributed by atoms with van der Waals surface area (Å²) in [5.74, 6) is -3.76. The molecule has 2 atom stereocenters. The first-order chi connectivity index (χ1) is 8.22. The molecule has 0 aliphatic rings. The number of ether oxygens (including phenoxy) is 3. The van der Waals surface area contributed by atoms with Crippen molar-refractivity contribution in [3.05, 3.63) is 0 Å². The fourth-order valence-electron chi connectivity index (χ4n) is 1.70. The highest BCUT2D eigenvalue weighted by Gasteiger charge is 2.63. The van der Waals surface area contributed by atoms with E-state index in [4.69, 9.17) is 4.74 Å². The predicted molar refractivity (Wildman–Crippen MR) is 59.6 cm³/mol. The molecule has 8 nitrogen and oxygen atoms in total. The van der Waals surface area contributed by atoms with Crippen LogP contribution >= 0.6 is 7.60 Å². The van der Waals surface area contributed by atoms with Gasteiger partial charge in [0.1, 0.15) is 5.92 Å². The topological polar surface area (TPSA) is 119 Å². The monoisotopic (exact) mass is 284 g/mol. The van der Waals surface area contributed by atoms with Crippen molar-refractivity contribution in [2.45, 2.75) is 18.7 Å². The van der Waals surface area contributed by atoms with Crippen molar-refractivity contribution >= 4 is 19.5 Å². The zero-order valence-corrected chi connectivity index (χ0v) is 11.5. The molecule has 0 saturated carbocycles. The van der Waals surface area contributed by atoms with E-state index in [0.29, 0.717) is 0 Å². The van der Waals surface area contributed by atoms with Gasteiger partial charge in [-0.3, -0.25) is 9.36 Å². The Labute approximate surface area is 104 Å². The van der Waals surface area contributed by atoms with Crippen LogP contribution in [0.3, 0.4) is 0 Å². The van der Waals surface area contributed by atoms with Crippen LogP contribution in [0, 0.1) is 5.92 Å². The maximum Gasteiger partial charge on any atom is 0.369 e. The first-order valence-electron chi connectivity index (χ1n) is 4.99. The lowest BCUT2D eigenvalue weighted by Crippen LogP contribution is -2.51. The van der Waals surface area contributed by atoms with Crippen LogP contribution in [0.1, 0.15) is 13.3 Å². The quantitative estimate of drug-likeness (QED) is 0.511. The molecular formula is C9H17O8P. The summed E-state index contributed by atoms with van der Waals surface area (Å²) in [6.07, 6.45) is -0.0687. The van der Waals surface area contributed by atoms with Crippen molar-refractivity contribution in [1.29, 1.82) is 0 Å². The third-order valence-corrected chi connectivity index (χ3v) is 4.13. The lowest BCUT2D eigenvalue weighted by Gasteiger charge is -2.34. The Morgan fingerprint density at radius 2 is 1.72 bits per heavy atom. The zero-order chi connectivity index (χ0) is 14.6. The van der Waals surface area contributed by atoms with Gasteiger partial charge in [0, 0.05) is 7.11 Å². The second-order valence-electron chi connectivity index (χ2n) is 3.42. The van der Waals surface area contributed by atoms with E-state index in [1.165, 1.54) is 6.92 Å². The van der Waals surface area contributed by atoms with Crippen LogP contribution in [0.5, 0.6) is 0 Å². The van der Waals surface area contributed by atoms with E-state index in [1.807, 2.05) is 0 Å². The van der Waals surface area contributed by atoms with Crippen molar-refractivity contribution < 1.29 is 38.2 Å². The van der Waals surface area contributed by atoms with E-state index in [9.17, 15) is 23.9 Å². The summed E-state index contributed by atoms with van der Waals surface area (Å²) < 4.78 is 25.0. The fourth-order valence-corrected chi connectivity index (χ4v) is 2.96. The Kier molecular flexibility index (Phi) is 5.95. The van der Waals surface area contributed by atoms with Gasteiger partial charge in [-0.2, -0.15) is 0 Å². The molecule has 9 heteroatoms. The van der Waals surface area contributed by atoms with E-state index < -0.39 is 30.8 Å². The Morgan fingerprint density at radius 3 is 1.94 bits per heavy atom. The lowest BCUT2D eigenvalue weighted by molar-refractivity contribution is -0.173. The molecule has 106 valence electrons. The van der Waals surface area contributed by atoms with Crippen LogP contribution in [0.25, 0.3) is 0 Å². The number of hydrogen-bond acceptors (Lipinski definition) is 6. The highest BCUT2D eigenvalue weighted by atomic mass is 31.2. The van der Waals surface area contributed by atoms with E-state index in [1.54, 1.807) is 0 Å². The predicted octanol–water partition coefficient (Wildman–Crippen LogP) is -0.121. The molecule has 0 amide bonds. The standard InChI is InChI=1S/C9H17O8P/c1-5-6(7(10)15-2)9(17-4,8(11)16-3)18(12,13)14/h6H,5H2,1-4H3,(H2,12,13,14). The molecule has 0 fully saturated rings. The van der Waals surface area contributed by atoms with Gasteiger partial charge in [0.15, 0.2) is 0 Å². The van der Waals surface area contributed by atoms with Crippen molar-refractivity contribution in [3.8, 4) is 0 Å². The SMILES string of the molecule is CCC(C(=O)OC)C(OC)(C(=O)OC)P(=O)(O)O. The maximum atomic E-state index is 11.7. The van der Waals surface area contributed by atoms with E-state index in [-0.39, 0.29) is 6.42 Å². The third-order valence-electron chi connectivity index (χ3n) is 2.59. The van der Waals surface area contributed by atoms with Crippen LogP contribution in [-0.2, 0) is 28.4 Å². The smallest absolute Gasteiger partial charge is 0.369 e. The van der Waals surface area contributed by atoms with Gasteiger partial charge in [0.2, 0.25) is 0 Å². The highest BCUT2D eigenvalue weighted by Crippen LogP contribution is 2.56. The Hall–Kier alpha value is -0.950. The number of carbonyl (C=O) groups excluding carboxylic acids is 2. The molecule has 2 N–H and O–H groups in total. The van der Waals surface area contributed by atoms with Crippen LogP contribution in [0.4, 0.5) is 0 Å². The molecule has 0 aliphatic carbocycles. The number of rotatable bonds is 6. The summed E-state index contributed by atoms with van der Waals surface area (Å²) in [5.41, 5.74) is 0. The normalized spacial score (nSPS) is 16.6. The number of carbonyl (C=O) groups is 2. The molecule has 0 aromatic heterocycles. The van der Waals surface area contributed by atoms with Gasteiger partial charge in [-0.1, -0.05) is 6.92 Å². The lowest BCUT2D eigenvalue weighted by atomic mass is 9.98. The summed E-state index contributed by atoms with van der Waals surface area (Å²) in [5, 5.41) is -2.69. The van der Waals surface area contributed by atoms with Gasteiger partial charge in [-0.05, 0) is 6.42 Å². The summed E-state index contributed by atoms with van der Waals surface area (Å²) >= 11 is 0. The van der Waals surface area contributed by atoms with Crippen LogP contribution in [-0.4, -0.2) is 48.4 Å². The second-order valence-corrected chi connectivity index (χ2v) is 5.17. The molecule has 0 rings (SSSR count). The largest absolute Gasteiger partial charge is 0.469 e. The minimum atomic E-state index is -5.12. The Morgan fingerprint density at radius 1 is 1.22 bits per heavy atom. The molecule has 0 aromatic rings. The van der Waals surface area contributed by atoms with Crippen LogP contribution in [0.2, 0.25) is 0 Å². The third kappa shape index (κ3) is 2.72. The molecular weight excluding hydrogens is 267 g/mol. The van der Waals surface area contributed by atoms with Gasteiger partial charge >= 0.3 is 19.5 Å². The van der Waals surface area contributed by atoms with Gasteiger partial charge in [0.25, 0.3) is 5.34 Å². The minimum Gasteiger partial charge on any atom is -0.469 e. The summed E-state index contributed by atoms with van der Waals surface area (Å²) in [7, 11) is -2.21. The zero-order valence-electron chi connectivity index (χ0n) is 10.6. The van der Waals surface area contributed by atoms with Crippen LogP contribution in [0.15, 0.2) is 0 Å². The minimum absolute atomic E-state index is 0.0687. The first-order valence-corrected chi connectivity index (χ1v) is 6.61. The molecule has 0 heterocycles. The fraction of sp³-hybridized carbons (Fsp3) is 0.778. The van der Waals surface area contributed by atoms with Crippen molar-refractivity contribution in [2.75, 3.05) is 21.3 Å². The molecule has 0 saturated heterocycles. The van der Waals surface area contributed by atoms with Crippen molar-refractivity contribution in [2.24, 2.45) is 5.92 Å².